The van der Waals surface area contributed by atoms with E-state index in [1.807, 2.05) is 42.2 Å². The first-order valence-corrected chi connectivity index (χ1v) is 9.83. The average molecular weight is 405 g/mol. The highest BCUT2D eigenvalue weighted by atomic mass is 35.5. The zero-order valence-corrected chi connectivity index (χ0v) is 16.7. The van der Waals surface area contributed by atoms with E-state index in [9.17, 15) is 4.79 Å². The predicted molar refractivity (Wildman–Crippen MR) is 108 cm³/mol. The lowest BCUT2D eigenvalue weighted by Crippen LogP contribution is -2.38. The Morgan fingerprint density at radius 1 is 1.32 bits per heavy atom. The van der Waals surface area contributed by atoms with E-state index in [4.69, 9.17) is 21.1 Å². The number of anilines is 1. The molecule has 1 aliphatic rings. The SMILES string of the molecule is CC(OCCCNC(=O)c1nc(N2CCOCC2)ncc1Cl)c1ccccc1. The maximum atomic E-state index is 12.4. The van der Waals surface area contributed by atoms with E-state index in [1.165, 1.54) is 6.20 Å². The number of carbonyl (C=O) groups is 1. The summed E-state index contributed by atoms with van der Waals surface area (Å²) in [5, 5.41) is 3.09. The van der Waals surface area contributed by atoms with Crippen molar-refractivity contribution in [3.05, 3.63) is 52.8 Å². The van der Waals surface area contributed by atoms with E-state index < -0.39 is 0 Å². The number of hydrogen-bond donors (Lipinski definition) is 1. The van der Waals surface area contributed by atoms with Crippen molar-refractivity contribution in [2.24, 2.45) is 0 Å². The highest BCUT2D eigenvalue weighted by Crippen LogP contribution is 2.18. The number of halogens is 1. The van der Waals surface area contributed by atoms with Gasteiger partial charge in [0.2, 0.25) is 5.95 Å². The second-order valence-corrected chi connectivity index (χ2v) is 6.91. The van der Waals surface area contributed by atoms with Crippen LogP contribution in [-0.4, -0.2) is 55.3 Å². The van der Waals surface area contributed by atoms with Crippen LogP contribution in [0.3, 0.4) is 0 Å². The van der Waals surface area contributed by atoms with Crippen LogP contribution in [0.5, 0.6) is 0 Å². The van der Waals surface area contributed by atoms with Crippen LogP contribution in [0.1, 0.15) is 35.5 Å². The number of hydrogen-bond acceptors (Lipinski definition) is 6. The molecular formula is C20H25ClN4O3. The number of carbonyl (C=O) groups excluding carboxylic acids is 1. The van der Waals surface area contributed by atoms with Gasteiger partial charge in [-0.3, -0.25) is 4.79 Å². The van der Waals surface area contributed by atoms with Gasteiger partial charge in [-0.1, -0.05) is 41.9 Å². The molecule has 1 amide bonds. The van der Waals surface area contributed by atoms with E-state index in [0.29, 0.717) is 51.8 Å². The largest absolute Gasteiger partial charge is 0.378 e. The van der Waals surface area contributed by atoms with Crippen LogP contribution in [0.25, 0.3) is 0 Å². The Morgan fingerprint density at radius 3 is 2.82 bits per heavy atom. The van der Waals surface area contributed by atoms with Crippen LogP contribution in [0.4, 0.5) is 5.95 Å². The van der Waals surface area contributed by atoms with Crippen LogP contribution in [0.15, 0.2) is 36.5 Å². The number of amides is 1. The maximum absolute atomic E-state index is 12.4. The topological polar surface area (TPSA) is 76.6 Å². The number of morpholine rings is 1. The summed E-state index contributed by atoms with van der Waals surface area (Å²) in [5.41, 5.74) is 1.33. The first kappa shape index (κ1) is 20.5. The zero-order valence-electron chi connectivity index (χ0n) is 15.9. The Kier molecular flexibility index (Phi) is 7.59. The molecule has 2 aromatic rings. The minimum atomic E-state index is -0.307. The summed E-state index contributed by atoms with van der Waals surface area (Å²) >= 11 is 6.13. The number of aromatic nitrogens is 2. The second-order valence-electron chi connectivity index (χ2n) is 6.50. The normalized spacial score (nSPS) is 15.3. The summed E-state index contributed by atoms with van der Waals surface area (Å²) in [7, 11) is 0. The van der Waals surface area contributed by atoms with Gasteiger partial charge in [-0.05, 0) is 18.9 Å². The Morgan fingerprint density at radius 2 is 2.07 bits per heavy atom. The standard InChI is InChI=1S/C20H25ClN4O3/c1-15(16-6-3-2-4-7-16)28-11-5-8-22-19(26)18-17(21)14-23-20(24-18)25-9-12-27-13-10-25/h2-4,6-7,14-15H,5,8-13H2,1H3,(H,22,26). The van der Waals surface area contributed by atoms with Crippen molar-refractivity contribution in [3.8, 4) is 0 Å². The van der Waals surface area contributed by atoms with Gasteiger partial charge in [0.1, 0.15) is 0 Å². The molecule has 0 aliphatic carbocycles. The first-order valence-electron chi connectivity index (χ1n) is 9.45. The van der Waals surface area contributed by atoms with E-state index in [-0.39, 0.29) is 22.7 Å². The molecule has 7 nitrogen and oxygen atoms in total. The molecule has 1 fully saturated rings. The van der Waals surface area contributed by atoms with Gasteiger partial charge in [-0.25, -0.2) is 9.97 Å². The van der Waals surface area contributed by atoms with Crippen LogP contribution in [0, 0.1) is 0 Å². The third kappa shape index (κ3) is 5.64. The van der Waals surface area contributed by atoms with Gasteiger partial charge >= 0.3 is 0 Å². The molecule has 150 valence electrons. The lowest BCUT2D eigenvalue weighted by molar-refractivity contribution is 0.0634. The van der Waals surface area contributed by atoms with Gasteiger partial charge in [0, 0.05) is 26.2 Å². The predicted octanol–water partition coefficient (Wildman–Crippen LogP) is 2.86. The van der Waals surface area contributed by atoms with Crippen molar-refractivity contribution >= 4 is 23.5 Å². The number of benzene rings is 1. The highest BCUT2D eigenvalue weighted by molar-refractivity contribution is 6.33. The number of nitrogens with zero attached hydrogens (tertiary/aromatic N) is 3. The molecule has 0 saturated carbocycles. The molecule has 1 atom stereocenters. The molecule has 1 N–H and O–H groups in total. The van der Waals surface area contributed by atoms with Gasteiger partial charge in [0.15, 0.2) is 5.69 Å². The molecule has 0 spiro atoms. The van der Waals surface area contributed by atoms with E-state index in [0.717, 1.165) is 5.56 Å². The van der Waals surface area contributed by atoms with Crippen LogP contribution in [-0.2, 0) is 9.47 Å². The number of ether oxygens (including phenoxy) is 2. The lowest BCUT2D eigenvalue weighted by atomic mass is 10.1. The lowest BCUT2D eigenvalue weighted by Gasteiger charge is -2.26. The molecule has 1 aromatic heterocycles. The number of nitrogens with one attached hydrogen (secondary N) is 1. The summed E-state index contributed by atoms with van der Waals surface area (Å²) in [4.78, 5) is 23.0. The smallest absolute Gasteiger partial charge is 0.271 e. The van der Waals surface area contributed by atoms with E-state index >= 15 is 0 Å². The fraction of sp³-hybridized carbons (Fsp3) is 0.450. The fourth-order valence-corrected chi connectivity index (χ4v) is 3.05. The molecular weight excluding hydrogens is 380 g/mol. The summed E-state index contributed by atoms with van der Waals surface area (Å²) < 4.78 is 11.1. The van der Waals surface area contributed by atoms with E-state index in [1.54, 1.807) is 0 Å². The van der Waals surface area contributed by atoms with Crippen molar-refractivity contribution < 1.29 is 14.3 Å². The van der Waals surface area contributed by atoms with Crippen LogP contribution < -0.4 is 10.2 Å². The number of rotatable bonds is 8. The van der Waals surface area contributed by atoms with Gasteiger partial charge in [-0.15, -0.1) is 0 Å². The molecule has 1 aliphatic heterocycles. The fourth-order valence-electron chi connectivity index (χ4n) is 2.87. The Balaban J connectivity index is 1.45. The van der Waals surface area contributed by atoms with Crippen molar-refractivity contribution in [2.75, 3.05) is 44.4 Å². The zero-order chi connectivity index (χ0) is 19.8. The molecule has 3 rings (SSSR count). The van der Waals surface area contributed by atoms with E-state index in [2.05, 4.69) is 15.3 Å². The van der Waals surface area contributed by atoms with Crippen molar-refractivity contribution in [1.82, 2.24) is 15.3 Å². The summed E-state index contributed by atoms with van der Waals surface area (Å²) in [6.45, 7) is 5.67. The average Bonchev–Trinajstić information content (AvgIpc) is 2.74. The maximum Gasteiger partial charge on any atom is 0.271 e. The minimum absolute atomic E-state index is 0.0179. The van der Waals surface area contributed by atoms with Crippen LogP contribution >= 0.6 is 11.6 Å². The quantitative estimate of drug-likeness (QED) is 0.682. The first-order chi connectivity index (χ1) is 13.6. The molecule has 0 bridgehead atoms. The molecule has 1 saturated heterocycles. The Labute approximate surface area is 170 Å². The summed E-state index contributed by atoms with van der Waals surface area (Å²) in [6, 6.07) is 10.0. The summed E-state index contributed by atoms with van der Waals surface area (Å²) in [5.74, 6) is 0.191. The van der Waals surface area contributed by atoms with Gasteiger partial charge < -0.3 is 19.7 Å². The molecule has 1 aromatic carbocycles. The molecule has 28 heavy (non-hydrogen) atoms. The minimum Gasteiger partial charge on any atom is -0.378 e. The van der Waals surface area contributed by atoms with Crippen molar-refractivity contribution in [3.63, 3.8) is 0 Å². The molecule has 0 radical (unpaired) electrons. The second kappa shape index (κ2) is 10.4. The molecule has 1 unspecified atom stereocenters. The third-order valence-electron chi connectivity index (χ3n) is 4.48. The van der Waals surface area contributed by atoms with Gasteiger partial charge in [0.25, 0.3) is 5.91 Å². The highest BCUT2D eigenvalue weighted by Gasteiger charge is 2.18. The molecule has 8 heteroatoms. The Bertz CT molecular complexity index is 769. The molecule has 2 heterocycles. The van der Waals surface area contributed by atoms with Crippen molar-refractivity contribution in [2.45, 2.75) is 19.4 Å². The Hall–Kier alpha value is -2.22. The monoisotopic (exact) mass is 404 g/mol. The van der Waals surface area contributed by atoms with Crippen LogP contribution in [0.2, 0.25) is 5.02 Å². The van der Waals surface area contributed by atoms with Gasteiger partial charge in [-0.2, -0.15) is 0 Å². The van der Waals surface area contributed by atoms with Gasteiger partial charge in [0.05, 0.1) is 30.5 Å². The third-order valence-corrected chi connectivity index (χ3v) is 4.76. The van der Waals surface area contributed by atoms with Crippen molar-refractivity contribution in [1.29, 1.82) is 0 Å². The summed E-state index contributed by atoms with van der Waals surface area (Å²) in [6.07, 6.45) is 2.19.